The SMILES string of the molecule is CCSc1cc(C(=O)N2CCC(C(=O)N3CCCC(C)C3)CC2)ccn1. The molecule has 1 unspecified atom stereocenters. The van der Waals surface area contributed by atoms with Gasteiger partial charge in [-0.3, -0.25) is 9.59 Å². The standard InChI is InChI=1S/C20H29N3O2S/c1-3-26-18-13-17(6-9-21-18)20(25)22-11-7-16(8-12-22)19(24)23-10-4-5-15(2)14-23/h6,9,13,15-16H,3-5,7-8,10-12,14H2,1-2H3. The van der Waals surface area contributed by atoms with E-state index in [4.69, 9.17) is 0 Å². The maximum atomic E-state index is 12.8. The molecule has 2 aliphatic heterocycles. The van der Waals surface area contributed by atoms with E-state index in [9.17, 15) is 9.59 Å². The molecule has 0 radical (unpaired) electrons. The van der Waals surface area contributed by atoms with Crippen LogP contribution in [0.25, 0.3) is 0 Å². The molecule has 0 bridgehead atoms. The zero-order chi connectivity index (χ0) is 18.5. The summed E-state index contributed by atoms with van der Waals surface area (Å²) in [7, 11) is 0. The second kappa shape index (κ2) is 8.89. The first-order valence-corrected chi connectivity index (χ1v) is 10.7. The number of hydrogen-bond donors (Lipinski definition) is 0. The number of rotatable bonds is 4. The van der Waals surface area contributed by atoms with E-state index >= 15 is 0 Å². The summed E-state index contributed by atoms with van der Waals surface area (Å²) in [5.74, 6) is 1.98. The lowest BCUT2D eigenvalue weighted by Crippen LogP contribution is -2.47. The molecular weight excluding hydrogens is 346 g/mol. The van der Waals surface area contributed by atoms with Crippen LogP contribution in [-0.4, -0.2) is 58.5 Å². The first-order valence-electron chi connectivity index (χ1n) is 9.75. The monoisotopic (exact) mass is 375 g/mol. The van der Waals surface area contributed by atoms with Gasteiger partial charge < -0.3 is 9.80 Å². The van der Waals surface area contributed by atoms with E-state index in [2.05, 4.69) is 18.8 Å². The number of thioether (sulfide) groups is 1. The second-order valence-electron chi connectivity index (χ2n) is 7.41. The Morgan fingerprint density at radius 1 is 1.19 bits per heavy atom. The van der Waals surface area contributed by atoms with E-state index in [1.165, 1.54) is 6.42 Å². The van der Waals surface area contributed by atoms with Crippen molar-refractivity contribution in [1.82, 2.24) is 14.8 Å². The molecule has 1 atom stereocenters. The van der Waals surface area contributed by atoms with E-state index in [-0.39, 0.29) is 11.8 Å². The molecule has 26 heavy (non-hydrogen) atoms. The molecule has 2 amide bonds. The average Bonchev–Trinajstić information content (AvgIpc) is 2.67. The Hall–Kier alpha value is -1.56. The van der Waals surface area contributed by atoms with Crippen LogP contribution in [0.3, 0.4) is 0 Å². The van der Waals surface area contributed by atoms with Crippen molar-refractivity contribution in [2.75, 3.05) is 31.9 Å². The largest absolute Gasteiger partial charge is 0.342 e. The van der Waals surface area contributed by atoms with Gasteiger partial charge in [0.2, 0.25) is 5.91 Å². The maximum absolute atomic E-state index is 12.8. The first-order chi connectivity index (χ1) is 12.6. The highest BCUT2D eigenvalue weighted by Crippen LogP contribution is 2.25. The third-order valence-corrected chi connectivity index (χ3v) is 6.18. The topological polar surface area (TPSA) is 53.5 Å². The molecule has 2 saturated heterocycles. The van der Waals surface area contributed by atoms with Gasteiger partial charge in [0.25, 0.3) is 5.91 Å². The summed E-state index contributed by atoms with van der Waals surface area (Å²) in [4.78, 5) is 33.8. The van der Waals surface area contributed by atoms with Gasteiger partial charge >= 0.3 is 0 Å². The smallest absolute Gasteiger partial charge is 0.254 e. The average molecular weight is 376 g/mol. The number of hydrogen-bond acceptors (Lipinski definition) is 4. The number of piperidine rings is 2. The van der Waals surface area contributed by atoms with Gasteiger partial charge in [-0.1, -0.05) is 13.8 Å². The Kier molecular flexibility index (Phi) is 6.57. The lowest BCUT2D eigenvalue weighted by Gasteiger charge is -2.37. The summed E-state index contributed by atoms with van der Waals surface area (Å²) in [6.45, 7) is 7.42. The molecule has 0 spiro atoms. The Balaban J connectivity index is 1.55. The summed E-state index contributed by atoms with van der Waals surface area (Å²) in [6, 6.07) is 3.66. The number of likely N-dealkylation sites (tertiary alicyclic amines) is 2. The molecular formula is C20H29N3O2S. The molecule has 0 N–H and O–H groups in total. The van der Waals surface area contributed by atoms with E-state index < -0.39 is 0 Å². The zero-order valence-corrected chi connectivity index (χ0v) is 16.6. The molecule has 5 nitrogen and oxygen atoms in total. The molecule has 0 aromatic carbocycles. The number of carbonyl (C=O) groups excluding carboxylic acids is 2. The maximum Gasteiger partial charge on any atom is 0.254 e. The Morgan fingerprint density at radius 3 is 2.65 bits per heavy atom. The van der Waals surface area contributed by atoms with Crippen molar-refractivity contribution >= 4 is 23.6 Å². The predicted molar refractivity (Wildman–Crippen MR) is 104 cm³/mol. The minimum Gasteiger partial charge on any atom is -0.342 e. The van der Waals surface area contributed by atoms with Gasteiger partial charge in [-0.25, -0.2) is 4.98 Å². The van der Waals surface area contributed by atoms with Gasteiger partial charge in [-0.15, -0.1) is 11.8 Å². The van der Waals surface area contributed by atoms with Crippen LogP contribution in [0.15, 0.2) is 23.4 Å². The van der Waals surface area contributed by atoms with Crippen molar-refractivity contribution < 1.29 is 9.59 Å². The van der Waals surface area contributed by atoms with E-state index in [1.807, 2.05) is 15.9 Å². The van der Waals surface area contributed by atoms with Crippen LogP contribution in [0, 0.1) is 11.8 Å². The highest BCUT2D eigenvalue weighted by atomic mass is 32.2. The van der Waals surface area contributed by atoms with Gasteiger partial charge in [0.1, 0.15) is 0 Å². The van der Waals surface area contributed by atoms with Gasteiger partial charge in [0.15, 0.2) is 0 Å². The van der Waals surface area contributed by atoms with Crippen LogP contribution < -0.4 is 0 Å². The zero-order valence-electron chi connectivity index (χ0n) is 15.8. The molecule has 1 aromatic heterocycles. The van der Waals surface area contributed by atoms with Crippen molar-refractivity contribution in [2.45, 2.75) is 44.6 Å². The molecule has 3 rings (SSSR count). The van der Waals surface area contributed by atoms with Gasteiger partial charge in [0.05, 0.1) is 5.03 Å². The summed E-state index contributed by atoms with van der Waals surface area (Å²) >= 11 is 1.64. The molecule has 0 aliphatic carbocycles. The summed E-state index contributed by atoms with van der Waals surface area (Å²) in [5, 5.41) is 0.891. The molecule has 0 saturated carbocycles. The van der Waals surface area contributed by atoms with E-state index in [1.54, 1.807) is 24.0 Å². The van der Waals surface area contributed by atoms with Crippen molar-refractivity contribution in [3.8, 4) is 0 Å². The van der Waals surface area contributed by atoms with Crippen LogP contribution in [0.4, 0.5) is 0 Å². The van der Waals surface area contributed by atoms with Crippen LogP contribution >= 0.6 is 11.8 Å². The summed E-state index contributed by atoms with van der Waals surface area (Å²) in [6.07, 6.45) is 5.60. The number of nitrogens with zero attached hydrogens (tertiary/aromatic N) is 3. The second-order valence-corrected chi connectivity index (χ2v) is 8.70. The minimum absolute atomic E-state index is 0.0582. The van der Waals surface area contributed by atoms with Crippen LogP contribution in [0.2, 0.25) is 0 Å². The fourth-order valence-corrected chi connectivity index (χ4v) is 4.57. The first kappa shape index (κ1) is 19.2. The van der Waals surface area contributed by atoms with Crippen molar-refractivity contribution in [3.63, 3.8) is 0 Å². The van der Waals surface area contributed by atoms with Crippen LogP contribution in [0.1, 0.15) is 49.9 Å². The fourth-order valence-electron chi connectivity index (χ4n) is 3.93. The van der Waals surface area contributed by atoms with Crippen LogP contribution in [0.5, 0.6) is 0 Å². The molecule has 142 valence electrons. The van der Waals surface area contributed by atoms with E-state index in [0.29, 0.717) is 30.5 Å². The van der Waals surface area contributed by atoms with Gasteiger partial charge in [-0.2, -0.15) is 0 Å². The number of aromatic nitrogens is 1. The lowest BCUT2D eigenvalue weighted by atomic mass is 9.92. The summed E-state index contributed by atoms with van der Waals surface area (Å²) < 4.78 is 0. The predicted octanol–water partition coefficient (Wildman–Crippen LogP) is 3.30. The van der Waals surface area contributed by atoms with Crippen molar-refractivity contribution in [2.24, 2.45) is 11.8 Å². The Labute approximate surface area is 160 Å². The Bertz CT molecular complexity index is 644. The molecule has 2 fully saturated rings. The minimum atomic E-state index is 0.0582. The Morgan fingerprint density at radius 2 is 1.96 bits per heavy atom. The molecule has 6 heteroatoms. The normalized spacial score (nSPS) is 21.7. The fraction of sp³-hybridized carbons (Fsp3) is 0.650. The van der Waals surface area contributed by atoms with Gasteiger partial charge in [-0.05, 0) is 49.5 Å². The summed E-state index contributed by atoms with van der Waals surface area (Å²) in [5.41, 5.74) is 0.700. The van der Waals surface area contributed by atoms with Crippen LogP contribution in [-0.2, 0) is 4.79 Å². The van der Waals surface area contributed by atoms with Crippen molar-refractivity contribution in [1.29, 1.82) is 0 Å². The third kappa shape index (κ3) is 4.58. The van der Waals surface area contributed by atoms with Gasteiger partial charge in [0, 0.05) is 43.9 Å². The lowest BCUT2D eigenvalue weighted by molar-refractivity contribution is -0.138. The quantitative estimate of drug-likeness (QED) is 0.758. The molecule has 2 aliphatic rings. The highest BCUT2D eigenvalue weighted by Gasteiger charge is 2.32. The molecule has 3 heterocycles. The van der Waals surface area contributed by atoms with Crippen molar-refractivity contribution in [3.05, 3.63) is 23.9 Å². The number of pyridine rings is 1. The number of amides is 2. The number of carbonyl (C=O) groups is 2. The highest BCUT2D eigenvalue weighted by molar-refractivity contribution is 7.99. The third-order valence-electron chi connectivity index (χ3n) is 5.37. The van der Waals surface area contributed by atoms with E-state index in [0.717, 1.165) is 43.1 Å². The molecule has 1 aromatic rings.